The van der Waals surface area contributed by atoms with Gasteiger partial charge in [-0.25, -0.2) is 0 Å². The Kier molecular flexibility index (Phi) is 4.01. The van der Waals surface area contributed by atoms with E-state index in [0.29, 0.717) is 12.5 Å². The van der Waals surface area contributed by atoms with E-state index in [4.69, 9.17) is 0 Å². The van der Waals surface area contributed by atoms with Gasteiger partial charge in [0.2, 0.25) is 5.91 Å². The number of carbonyl (C=O) groups excluding carboxylic acids is 1. The molecule has 0 radical (unpaired) electrons. The Morgan fingerprint density at radius 2 is 2.38 bits per heavy atom. The fourth-order valence-electron chi connectivity index (χ4n) is 2.73. The summed E-state index contributed by atoms with van der Waals surface area (Å²) in [5.74, 6) is 0.438. The lowest BCUT2D eigenvalue weighted by Crippen LogP contribution is -2.39. The fourth-order valence-corrected chi connectivity index (χ4v) is 2.73. The number of amides is 1. The van der Waals surface area contributed by atoms with Crippen LogP contribution in [0.25, 0.3) is 0 Å². The van der Waals surface area contributed by atoms with Crippen LogP contribution in [0.1, 0.15) is 18.9 Å². The summed E-state index contributed by atoms with van der Waals surface area (Å²) in [5.41, 5.74) is 1.95. The quantitative estimate of drug-likeness (QED) is 0.901. The molecule has 2 aromatic rings. The van der Waals surface area contributed by atoms with Crippen molar-refractivity contribution in [2.45, 2.75) is 25.9 Å². The molecule has 0 aliphatic carbocycles. The Balaban J connectivity index is 1.67. The Labute approximate surface area is 124 Å². The molecule has 110 valence electrons. The second-order valence-corrected chi connectivity index (χ2v) is 5.59. The van der Waals surface area contributed by atoms with Crippen LogP contribution in [-0.2, 0) is 11.3 Å². The van der Waals surface area contributed by atoms with E-state index < -0.39 is 0 Å². The van der Waals surface area contributed by atoms with Gasteiger partial charge in [0, 0.05) is 18.1 Å². The largest absolute Gasteiger partial charge is 0.325 e. The van der Waals surface area contributed by atoms with Crippen LogP contribution in [0.4, 0.5) is 5.69 Å². The third-order valence-electron chi connectivity index (χ3n) is 3.91. The monoisotopic (exact) mass is 284 g/mol. The molecule has 0 saturated carbocycles. The molecule has 1 aromatic heterocycles. The molecule has 2 atom stereocenters. The Hall–Kier alpha value is -2.14. The number of nitrogens with zero attached hydrogens (tertiary/aromatic N) is 2. The van der Waals surface area contributed by atoms with Crippen LogP contribution in [0.15, 0.2) is 42.7 Å². The van der Waals surface area contributed by atoms with Crippen LogP contribution in [0.2, 0.25) is 0 Å². The second-order valence-electron chi connectivity index (χ2n) is 5.59. The van der Waals surface area contributed by atoms with Crippen LogP contribution in [0.3, 0.4) is 0 Å². The first-order valence-corrected chi connectivity index (χ1v) is 7.33. The number of benzene rings is 1. The van der Waals surface area contributed by atoms with E-state index >= 15 is 0 Å². The van der Waals surface area contributed by atoms with Crippen LogP contribution in [-0.4, -0.2) is 28.3 Å². The van der Waals surface area contributed by atoms with Crippen molar-refractivity contribution >= 4 is 11.6 Å². The first-order valence-electron chi connectivity index (χ1n) is 7.33. The Morgan fingerprint density at radius 1 is 1.48 bits per heavy atom. The van der Waals surface area contributed by atoms with E-state index in [9.17, 15) is 4.79 Å². The van der Waals surface area contributed by atoms with Crippen molar-refractivity contribution in [3.05, 3.63) is 48.3 Å². The summed E-state index contributed by atoms with van der Waals surface area (Å²) >= 11 is 0. The molecule has 1 aliphatic rings. The van der Waals surface area contributed by atoms with E-state index in [1.54, 1.807) is 6.20 Å². The Morgan fingerprint density at radius 3 is 3.10 bits per heavy atom. The summed E-state index contributed by atoms with van der Waals surface area (Å²) in [6.07, 6.45) is 4.74. The summed E-state index contributed by atoms with van der Waals surface area (Å²) in [5, 5.41) is 10.4. The zero-order valence-corrected chi connectivity index (χ0v) is 12.1. The standard InChI is InChI=1S/C16H20N4O/c1-12-6-8-17-15(12)16(21)19-14-5-2-4-13(10-14)11-20-9-3-7-18-20/h2-5,7,9-10,12,15,17H,6,8,11H2,1H3,(H,19,21). The average Bonchev–Trinajstić information content (AvgIpc) is 3.10. The number of nitrogens with one attached hydrogen (secondary N) is 2. The van der Waals surface area contributed by atoms with Gasteiger partial charge in [-0.2, -0.15) is 5.10 Å². The molecule has 5 nitrogen and oxygen atoms in total. The fraction of sp³-hybridized carbons (Fsp3) is 0.375. The highest BCUT2D eigenvalue weighted by molar-refractivity contribution is 5.95. The van der Waals surface area contributed by atoms with Crippen LogP contribution in [0.5, 0.6) is 0 Å². The lowest BCUT2D eigenvalue weighted by Gasteiger charge is -2.16. The summed E-state index contributed by atoms with van der Waals surface area (Å²) in [7, 11) is 0. The van der Waals surface area contributed by atoms with Gasteiger partial charge in [0.1, 0.15) is 0 Å². The molecule has 21 heavy (non-hydrogen) atoms. The number of hydrogen-bond acceptors (Lipinski definition) is 3. The smallest absolute Gasteiger partial charge is 0.241 e. The summed E-state index contributed by atoms with van der Waals surface area (Å²) in [6.45, 7) is 3.73. The highest BCUT2D eigenvalue weighted by Crippen LogP contribution is 2.17. The van der Waals surface area contributed by atoms with E-state index in [2.05, 4.69) is 22.7 Å². The maximum Gasteiger partial charge on any atom is 0.241 e. The molecule has 2 N–H and O–H groups in total. The van der Waals surface area contributed by atoms with Crippen molar-refractivity contribution in [1.29, 1.82) is 0 Å². The number of anilines is 1. The van der Waals surface area contributed by atoms with Gasteiger partial charge in [0.05, 0.1) is 12.6 Å². The normalized spacial score (nSPS) is 21.4. The third-order valence-corrected chi connectivity index (χ3v) is 3.91. The SMILES string of the molecule is CC1CCNC1C(=O)Nc1cccc(Cn2cccn2)c1. The molecule has 0 spiro atoms. The molecule has 1 amide bonds. The minimum Gasteiger partial charge on any atom is -0.325 e. The molecule has 0 bridgehead atoms. The molecule has 1 aromatic carbocycles. The lowest BCUT2D eigenvalue weighted by atomic mass is 10.0. The van der Waals surface area contributed by atoms with Crippen LogP contribution in [0, 0.1) is 5.92 Å². The van der Waals surface area contributed by atoms with Crippen molar-refractivity contribution in [2.24, 2.45) is 5.92 Å². The highest BCUT2D eigenvalue weighted by Gasteiger charge is 2.29. The summed E-state index contributed by atoms with van der Waals surface area (Å²) in [6, 6.07) is 9.73. The van der Waals surface area contributed by atoms with E-state index in [1.807, 2.05) is 41.2 Å². The first kappa shape index (κ1) is 13.8. The van der Waals surface area contributed by atoms with Crippen molar-refractivity contribution in [3.63, 3.8) is 0 Å². The van der Waals surface area contributed by atoms with E-state index in [-0.39, 0.29) is 11.9 Å². The minimum absolute atomic E-state index is 0.0521. The van der Waals surface area contributed by atoms with Gasteiger partial charge in [-0.3, -0.25) is 9.48 Å². The zero-order chi connectivity index (χ0) is 14.7. The van der Waals surface area contributed by atoms with Crippen LogP contribution >= 0.6 is 0 Å². The lowest BCUT2D eigenvalue weighted by molar-refractivity contribution is -0.118. The van der Waals surface area contributed by atoms with Crippen molar-refractivity contribution in [2.75, 3.05) is 11.9 Å². The van der Waals surface area contributed by atoms with Gasteiger partial charge < -0.3 is 10.6 Å². The number of hydrogen-bond donors (Lipinski definition) is 2. The topological polar surface area (TPSA) is 59.0 Å². The van der Waals surface area contributed by atoms with E-state index in [0.717, 1.165) is 24.2 Å². The van der Waals surface area contributed by atoms with Gasteiger partial charge >= 0.3 is 0 Å². The average molecular weight is 284 g/mol. The number of rotatable bonds is 4. The summed E-state index contributed by atoms with van der Waals surface area (Å²) in [4.78, 5) is 12.3. The van der Waals surface area contributed by atoms with Gasteiger partial charge in [0.25, 0.3) is 0 Å². The Bertz CT molecular complexity index is 608. The predicted octanol–water partition coefficient (Wildman–Crippen LogP) is 1.87. The molecule has 5 heteroatoms. The molecule has 2 unspecified atom stereocenters. The molecular formula is C16H20N4O. The van der Waals surface area contributed by atoms with Gasteiger partial charge in [-0.15, -0.1) is 0 Å². The highest BCUT2D eigenvalue weighted by atomic mass is 16.2. The van der Waals surface area contributed by atoms with E-state index in [1.165, 1.54) is 0 Å². The molecule has 3 rings (SSSR count). The minimum atomic E-state index is -0.0835. The van der Waals surface area contributed by atoms with Crippen molar-refractivity contribution in [3.8, 4) is 0 Å². The van der Waals surface area contributed by atoms with Gasteiger partial charge in [-0.05, 0) is 42.6 Å². The molecular weight excluding hydrogens is 264 g/mol. The second kappa shape index (κ2) is 6.10. The predicted molar refractivity (Wildman–Crippen MR) is 82.0 cm³/mol. The van der Waals surface area contributed by atoms with Crippen LogP contribution < -0.4 is 10.6 Å². The van der Waals surface area contributed by atoms with Gasteiger partial charge in [0.15, 0.2) is 0 Å². The first-order chi connectivity index (χ1) is 10.2. The summed E-state index contributed by atoms with van der Waals surface area (Å²) < 4.78 is 1.86. The third kappa shape index (κ3) is 3.31. The molecule has 1 aliphatic heterocycles. The maximum absolute atomic E-state index is 12.3. The van der Waals surface area contributed by atoms with Crippen molar-refractivity contribution in [1.82, 2.24) is 15.1 Å². The number of aromatic nitrogens is 2. The zero-order valence-electron chi connectivity index (χ0n) is 12.1. The molecule has 2 heterocycles. The maximum atomic E-state index is 12.3. The number of carbonyl (C=O) groups is 1. The molecule has 1 saturated heterocycles. The molecule has 1 fully saturated rings. The van der Waals surface area contributed by atoms with Crippen molar-refractivity contribution < 1.29 is 4.79 Å². The van der Waals surface area contributed by atoms with Gasteiger partial charge in [-0.1, -0.05) is 19.1 Å².